The van der Waals surface area contributed by atoms with E-state index in [9.17, 15) is 9.59 Å². The quantitative estimate of drug-likeness (QED) is 0.780. The lowest BCUT2D eigenvalue weighted by Gasteiger charge is -2.02. The summed E-state index contributed by atoms with van der Waals surface area (Å²) in [5, 5.41) is 4.49. The van der Waals surface area contributed by atoms with Crippen molar-refractivity contribution in [2.45, 2.75) is 0 Å². The summed E-state index contributed by atoms with van der Waals surface area (Å²) in [5.41, 5.74) is 0.342. The number of aromatic nitrogens is 2. The van der Waals surface area contributed by atoms with Gasteiger partial charge in [0.2, 0.25) is 0 Å². The van der Waals surface area contributed by atoms with Crippen LogP contribution in [-0.4, -0.2) is 17.3 Å². The zero-order valence-electron chi connectivity index (χ0n) is 8.61. The Morgan fingerprint density at radius 1 is 1.06 bits per heavy atom. The SMILES string of the molecule is COc1ccc(-c2cc(=O)[nH][nH]c2=O)cc1. The monoisotopic (exact) mass is 218 g/mol. The Morgan fingerprint density at radius 3 is 2.38 bits per heavy atom. The van der Waals surface area contributed by atoms with E-state index < -0.39 is 0 Å². The number of aromatic amines is 2. The van der Waals surface area contributed by atoms with E-state index in [1.54, 1.807) is 31.4 Å². The minimum Gasteiger partial charge on any atom is -0.497 e. The number of hydrogen-bond donors (Lipinski definition) is 2. The van der Waals surface area contributed by atoms with E-state index in [2.05, 4.69) is 10.2 Å². The molecule has 1 heterocycles. The molecule has 1 aromatic carbocycles. The van der Waals surface area contributed by atoms with Gasteiger partial charge in [0.1, 0.15) is 5.75 Å². The maximum atomic E-state index is 11.5. The van der Waals surface area contributed by atoms with Crippen molar-refractivity contribution < 1.29 is 4.74 Å². The first-order chi connectivity index (χ1) is 7.70. The molecule has 0 aliphatic heterocycles. The lowest BCUT2D eigenvalue weighted by Crippen LogP contribution is -2.19. The topological polar surface area (TPSA) is 75.0 Å². The van der Waals surface area contributed by atoms with Crippen LogP contribution in [-0.2, 0) is 0 Å². The van der Waals surface area contributed by atoms with E-state index in [1.165, 1.54) is 6.07 Å². The van der Waals surface area contributed by atoms with Gasteiger partial charge in [-0.15, -0.1) is 0 Å². The summed E-state index contributed by atoms with van der Waals surface area (Å²) in [4.78, 5) is 22.6. The van der Waals surface area contributed by atoms with Crippen LogP contribution >= 0.6 is 0 Å². The first kappa shape index (κ1) is 10.2. The van der Waals surface area contributed by atoms with Crippen molar-refractivity contribution in [2.75, 3.05) is 7.11 Å². The number of nitrogens with one attached hydrogen (secondary N) is 2. The fraction of sp³-hybridized carbons (Fsp3) is 0.0909. The summed E-state index contributed by atoms with van der Waals surface area (Å²) in [6.07, 6.45) is 0. The van der Waals surface area contributed by atoms with Crippen LogP contribution in [0.4, 0.5) is 0 Å². The van der Waals surface area contributed by atoms with Gasteiger partial charge in [-0.2, -0.15) is 0 Å². The third kappa shape index (κ3) is 1.88. The summed E-state index contributed by atoms with van der Waals surface area (Å²) in [7, 11) is 1.56. The predicted molar refractivity (Wildman–Crippen MR) is 59.7 cm³/mol. The molecule has 0 aliphatic rings. The van der Waals surface area contributed by atoms with Crippen molar-refractivity contribution in [1.82, 2.24) is 10.2 Å². The second-order valence-corrected chi connectivity index (χ2v) is 3.23. The number of H-pyrrole nitrogens is 2. The molecule has 2 N–H and O–H groups in total. The molecule has 0 atom stereocenters. The number of benzene rings is 1. The van der Waals surface area contributed by atoms with E-state index in [0.717, 1.165) is 0 Å². The molecule has 0 amide bonds. The third-order valence-corrected chi connectivity index (χ3v) is 2.22. The molecule has 0 radical (unpaired) electrons. The zero-order chi connectivity index (χ0) is 11.5. The minimum atomic E-state index is -0.342. The second-order valence-electron chi connectivity index (χ2n) is 3.23. The van der Waals surface area contributed by atoms with Gasteiger partial charge in [0, 0.05) is 6.07 Å². The Hall–Kier alpha value is -2.30. The molecule has 16 heavy (non-hydrogen) atoms. The van der Waals surface area contributed by atoms with Crippen LogP contribution in [0.3, 0.4) is 0 Å². The fourth-order valence-corrected chi connectivity index (χ4v) is 1.40. The second kappa shape index (κ2) is 4.06. The average molecular weight is 218 g/mol. The molecule has 0 bridgehead atoms. The normalized spacial score (nSPS) is 10.1. The first-order valence-corrected chi connectivity index (χ1v) is 4.67. The van der Waals surface area contributed by atoms with Gasteiger partial charge in [-0.1, -0.05) is 12.1 Å². The summed E-state index contributed by atoms with van der Waals surface area (Å²) >= 11 is 0. The lowest BCUT2D eigenvalue weighted by atomic mass is 10.1. The van der Waals surface area contributed by atoms with Crippen molar-refractivity contribution in [3.05, 3.63) is 51.0 Å². The van der Waals surface area contributed by atoms with E-state index in [4.69, 9.17) is 4.74 Å². The summed E-state index contributed by atoms with van der Waals surface area (Å²) in [6, 6.07) is 8.18. The number of methoxy groups -OCH3 is 1. The average Bonchev–Trinajstić information content (AvgIpc) is 2.32. The third-order valence-electron chi connectivity index (χ3n) is 2.22. The van der Waals surface area contributed by atoms with Gasteiger partial charge in [0.05, 0.1) is 12.7 Å². The molecule has 5 nitrogen and oxygen atoms in total. The van der Waals surface area contributed by atoms with Crippen molar-refractivity contribution in [3.8, 4) is 16.9 Å². The molecule has 0 saturated carbocycles. The summed E-state index contributed by atoms with van der Waals surface area (Å²) < 4.78 is 5.01. The van der Waals surface area contributed by atoms with Gasteiger partial charge in [-0.05, 0) is 17.7 Å². The minimum absolute atomic E-state index is 0.329. The number of hydrogen-bond acceptors (Lipinski definition) is 3. The standard InChI is InChI=1S/C11H10N2O3/c1-16-8-4-2-7(3-5-8)9-6-10(14)12-13-11(9)15/h2-6H,1H3,(H,12,14)(H,13,15). The molecule has 2 rings (SSSR count). The van der Waals surface area contributed by atoms with Crippen LogP contribution in [0.5, 0.6) is 5.75 Å². The number of ether oxygens (including phenoxy) is 1. The van der Waals surface area contributed by atoms with Gasteiger partial charge in [0.25, 0.3) is 11.1 Å². The van der Waals surface area contributed by atoms with Crippen LogP contribution in [0.25, 0.3) is 11.1 Å². The summed E-state index contributed by atoms with van der Waals surface area (Å²) in [6.45, 7) is 0. The highest BCUT2D eigenvalue weighted by Gasteiger charge is 2.03. The maximum absolute atomic E-state index is 11.5. The van der Waals surface area contributed by atoms with Crippen LogP contribution in [0.15, 0.2) is 39.9 Å². The predicted octanol–water partition coefficient (Wildman–Crippen LogP) is 0.739. The van der Waals surface area contributed by atoms with E-state index >= 15 is 0 Å². The molecule has 2 aromatic rings. The Morgan fingerprint density at radius 2 is 1.75 bits per heavy atom. The van der Waals surface area contributed by atoms with Crippen molar-refractivity contribution in [3.63, 3.8) is 0 Å². The molecule has 5 heteroatoms. The number of rotatable bonds is 2. The first-order valence-electron chi connectivity index (χ1n) is 4.67. The van der Waals surface area contributed by atoms with Crippen molar-refractivity contribution >= 4 is 0 Å². The Labute approximate surface area is 90.7 Å². The fourth-order valence-electron chi connectivity index (χ4n) is 1.40. The zero-order valence-corrected chi connectivity index (χ0v) is 8.61. The molecule has 0 saturated heterocycles. The molecule has 1 aromatic heterocycles. The molecule has 0 fully saturated rings. The van der Waals surface area contributed by atoms with Gasteiger partial charge < -0.3 is 4.74 Å². The molecule has 0 aliphatic carbocycles. The van der Waals surface area contributed by atoms with Crippen LogP contribution in [0.2, 0.25) is 0 Å². The van der Waals surface area contributed by atoms with Crippen LogP contribution in [0.1, 0.15) is 0 Å². The van der Waals surface area contributed by atoms with E-state index in [1.807, 2.05) is 0 Å². The highest BCUT2D eigenvalue weighted by Crippen LogP contribution is 2.17. The molecule has 0 spiro atoms. The molecular formula is C11H10N2O3. The summed E-state index contributed by atoms with van der Waals surface area (Å²) in [5.74, 6) is 0.699. The van der Waals surface area contributed by atoms with E-state index in [0.29, 0.717) is 16.9 Å². The van der Waals surface area contributed by atoms with Crippen LogP contribution < -0.4 is 15.9 Å². The Bertz CT molecular complexity index is 596. The largest absolute Gasteiger partial charge is 0.497 e. The van der Waals surface area contributed by atoms with Gasteiger partial charge >= 0.3 is 0 Å². The van der Waals surface area contributed by atoms with Crippen molar-refractivity contribution in [2.24, 2.45) is 0 Å². The van der Waals surface area contributed by atoms with Crippen molar-refractivity contribution in [1.29, 1.82) is 0 Å². The van der Waals surface area contributed by atoms with Crippen LogP contribution in [0, 0.1) is 0 Å². The highest BCUT2D eigenvalue weighted by atomic mass is 16.5. The lowest BCUT2D eigenvalue weighted by molar-refractivity contribution is 0.415. The Kier molecular flexibility index (Phi) is 2.59. The van der Waals surface area contributed by atoms with Gasteiger partial charge in [-0.3, -0.25) is 19.8 Å². The maximum Gasteiger partial charge on any atom is 0.270 e. The highest BCUT2D eigenvalue weighted by molar-refractivity contribution is 5.62. The molecular weight excluding hydrogens is 208 g/mol. The Balaban J connectivity index is 2.54. The van der Waals surface area contributed by atoms with Gasteiger partial charge in [0.15, 0.2) is 0 Å². The van der Waals surface area contributed by atoms with E-state index in [-0.39, 0.29) is 11.1 Å². The molecule has 82 valence electrons. The molecule has 0 unspecified atom stereocenters. The smallest absolute Gasteiger partial charge is 0.270 e. The van der Waals surface area contributed by atoms with Gasteiger partial charge in [-0.25, -0.2) is 0 Å².